The van der Waals surface area contributed by atoms with Crippen molar-refractivity contribution >= 4 is 11.3 Å². The van der Waals surface area contributed by atoms with Crippen molar-refractivity contribution in [1.29, 1.82) is 0 Å². The zero-order valence-electron chi connectivity index (χ0n) is 15.9. The number of fused-ring (bicyclic) bond motifs is 1. The number of aromatic nitrogens is 1. The highest BCUT2D eigenvalue weighted by Gasteiger charge is 2.30. The van der Waals surface area contributed by atoms with Crippen molar-refractivity contribution in [2.75, 3.05) is 13.6 Å². The van der Waals surface area contributed by atoms with E-state index in [4.69, 9.17) is 4.74 Å². The number of H-pyrrole nitrogens is 1. The van der Waals surface area contributed by atoms with Gasteiger partial charge in [0.2, 0.25) is 5.88 Å². The maximum Gasteiger partial charge on any atom is 0.307 e. The molecule has 2 N–H and O–H groups in total. The number of benzene rings is 1. The third kappa shape index (κ3) is 2.96. The number of hydrogen-bond donors (Lipinski definition) is 2. The van der Waals surface area contributed by atoms with Gasteiger partial charge in [0.25, 0.3) is 0 Å². The Kier molecular flexibility index (Phi) is 4.31. The van der Waals surface area contributed by atoms with E-state index in [0.29, 0.717) is 0 Å². The van der Waals surface area contributed by atoms with Gasteiger partial charge < -0.3 is 14.7 Å². The summed E-state index contributed by atoms with van der Waals surface area (Å²) in [5.74, 6) is 1.03. The molecule has 0 spiro atoms. The number of hydrogen-bond acceptors (Lipinski definition) is 5. The summed E-state index contributed by atoms with van der Waals surface area (Å²) in [4.78, 5) is 16.9. The summed E-state index contributed by atoms with van der Waals surface area (Å²) in [6.45, 7) is 1.01. The summed E-state index contributed by atoms with van der Waals surface area (Å²) in [7, 11) is 2.15. The van der Waals surface area contributed by atoms with E-state index in [9.17, 15) is 9.90 Å². The second-order valence-corrected chi connectivity index (χ2v) is 8.86. The maximum absolute atomic E-state index is 11.6. The Bertz CT molecular complexity index is 1030. The summed E-state index contributed by atoms with van der Waals surface area (Å²) in [6.07, 6.45) is 9.63. The Balaban J connectivity index is 1.40. The first-order chi connectivity index (χ1) is 13.6. The van der Waals surface area contributed by atoms with Crippen LogP contribution in [-0.2, 0) is 6.42 Å². The second-order valence-electron chi connectivity index (χ2n) is 7.85. The molecule has 1 aliphatic heterocycles. The molecule has 6 heteroatoms. The number of nitrogens with zero attached hydrogens (tertiary/aromatic N) is 1. The van der Waals surface area contributed by atoms with Gasteiger partial charge in [-0.05, 0) is 60.6 Å². The third-order valence-electron chi connectivity index (χ3n) is 6.16. The molecule has 2 aromatic rings. The van der Waals surface area contributed by atoms with Gasteiger partial charge in [-0.2, -0.15) is 0 Å². The number of nitrogens with one attached hydrogen (secondary N) is 1. The zero-order valence-corrected chi connectivity index (χ0v) is 16.7. The van der Waals surface area contributed by atoms with E-state index >= 15 is 0 Å². The predicted molar refractivity (Wildman–Crippen MR) is 110 cm³/mol. The van der Waals surface area contributed by atoms with Crippen molar-refractivity contribution in [1.82, 2.24) is 9.88 Å². The molecular weight excluding hydrogens is 372 g/mol. The Morgan fingerprint density at radius 3 is 3.00 bits per heavy atom. The van der Waals surface area contributed by atoms with Crippen LogP contribution in [0.25, 0.3) is 0 Å². The molecule has 0 radical (unpaired) electrons. The number of aromatic hydroxyl groups is 1. The van der Waals surface area contributed by atoms with Gasteiger partial charge in [-0.25, -0.2) is 0 Å². The van der Waals surface area contributed by atoms with Gasteiger partial charge in [-0.15, -0.1) is 0 Å². The van der Waals surface area contributed by atoms with Gasteiger partial charge in [0.05, 0.1) is 4.88 Å². The number of aryl methyl sites for hydroxylation is 1. The van der Waals surface area contributed by atoms with Crippen LogP contribution in [0.1, 0.15) is 47.6 Å². The first-order valence-electron chi connectivity index (χ1n) is 9.92. The van der Waals surface area contributed by atoms with Crippen molar-refractivity contribution in [3.05, 3.63) is 67.3 Å². The smallest absolute Gasteiger partial charge is 0.307 e. The average Bonchev–Trinajstić information content (AvgIpc) is 3.26. The van der Waals surface area contributed by atoms with Crippen LogP contribution in [0.5, 0.6) is 11.6 Å². The quantitative estimate of drug-likeness (QED) is 0.826. The van der Waals surface area contributed by atoms with Crippen LogP contribution in [-0.4, -0.2) is 34.7 Å². The van der Waals surface area contributed by atoms with E-state index in [2.05, 4.69) is 41.2 Å². The molecule has 2 heterocycles. The van der Waals surface area contributed by atoms with Crippen LogP contribution in [0.4, 0.5) is 0 Å². The van der Waals surface area contributed by atoms with Crippen molar-refractivity contribution in [3.63, 3.8) is 0 Å². The van der Waals surface area contributed by atoms with Crippen molar-refractivity contribution in [2.24, 2.45) is 0 Å². The Morgan fingerprint density at radius 1 is 1.29 bits per heavy atom. The average molecular weight is 397 g/mol. The monoisotopic (exact) mass is 396 g/mol. The molecule has 5 rings (SSSR count). The van der Waals surface area contributed by atoms with Crippen LogP contribution in [0, 0.1) is 0 Å². The van der Waals surface area contributed by atoms with E-state index < -0.39 is 0 Å². The normalized spacial score (nSPS) is 23.7. The fourth-order valence-corrected chi connectivity index (χ4v) is 5.66. The number of thiazole rings is 1. The number of likely N-dealkylation sites (N-methyl/N-ethyl adjacent to an activating group) is 1. The van der Waals surface area contributed by atoms with Gasteiger partial charge in [-0.3, -0.25) is 9.78 Å². The number of aromatic amines is 1. The Morgan fingerprint density at radius 2 is 2.18 bits per heavy atom. The molecule has 0 fully saturated rings. The molecule has 1 aromatic heterocycles. The topological polar surface area (TPSA) is 65.6 Å². The molecule has 0 saturated carbocycles. The number of allylic oxidation sites excluding steroid dienone is 2. The fourth-order valence-electron chi connectivity index (χ4n) is 4.77. The highest BCUT2D eigenvalue weighted by Crippen LogP contribution is 2.43. The zero-order chi connectivity index (χ0) is 19.3. The molecule has 2 atom stereocenters. The van der Waals surface area contributed by atoms with Gasteiger partial charge in [-0.1, -0.05) is 23.5 Å². The molecule has 1 aromatic carbocycles. The lowest BCUT2D eigenvalue weighted by Crippen LogP contribution is -2.35. The lowest BCUT2D eigenvalue weighted by Gasteiger charge is -2.36. The van der Waals surface area contributed by atoms with Crippen molar-refractivity contribution in [3.8, 4) is 11.6 Å². The van der Waals surface area contributed by atoms with Gasteiger partial charge in [0.1, 0.15) is 11.9 Å². The minimum atomic E-state index is -0.200. The maximum atomic E-state index is 11.6. The van der Waals surface area contributed by atoms with E-state index in [1.807, 2.05) is 6.07 Å². The number of rotatable bonds is 3. The summed E-state index contributed by atoms with van der Waals surface area (Å²) in [5, 5.41) is 10.0. The van der Waals surface area contributed by atoms with E-state index in [0.717, 1.165) is 60.6 Å². The summed E-state index contributed by atoms with van der Waals surface area (Å²) in [5.41, 5.74) is 5.19. The predicted octanol–water partition coefficient (Wildman–Crippen LogP) is 3.91. The van der Waals surface area contributed by atoms with Crippen LogP contribution < -0.4 is 9.61 Å². The van der Waals surface area contributed by atoms with E-state index in [1.54, 1.807) is 0 Å². The third-order valence-corrected chi connectivity index (χ3v) is 7.14. The molecule has 2 aliphatic carbocycles. The molecule has 3 aliphatic rings. The molecule has 0 saturated heterocycles. The SMILES string of the molecule is CN1CCC(Oc2ccc3c(c2)CCC3c2sc(=O)[nH]c2O)C2=C1C=CCC2. The van der Waals surface area contributed by atoms with E-state index in [1.165, 1.54) is 22.4 Å². The highest BCUT2D eigenvalue weighted by atomic mass is 32.1. The largest absolute Gasteiger partial charge is 0.494 e. The van der Waals surface area contributed by atoms with Gasteiger partial charge >= 0.3 is 4.87 Å². The summed E-state index contributed by atoms with van der Waals surface area (Å²) < 4.78 is 6.45. The standard InChI is InChI=1S/C22H24N2O3S/c1-24-11-10-19(17-4-2-3-5-18(17)24)27-14-7-9-15-13(12-14)6-8-16(15)20-21(25)23-22(26)28-20/h3,5,7,9,12,16,19,25H,2,4,6,8,10-11H2,1H3,(H,23,26). The Hall–Kier alpha value is -2.47. The lowest BCUT2D eigenvalue weighted by molar-refractivity contribution is 0.184. The first kappa shape index (κ1) is 17.6. The second kappa shape index (κ2) is 6.85. The minimum absolute atomic E-state index is 0.0179. The van der Waals surface area contributed by atoms with Crippen LogP contribution in [0.3, 0.4) is 0 Å². The van der Waals surface area contributed by atoms with E-state index in [-0.39, 0.29) is 22.8 Å². The van der Waals surface area contributed by atoms with Gasteiger partial charge in [0.15, 0.2) is 0 Å². The minimum Gasteiger partial charge on any atom is -0.494 e. The summed E-state index contributed by atoms with van der Waals surface area (Å²) in [6, 6.07) is 6.30. The fraction of sp³-hybridized carbons (Fsp3) is 0.409. The van der Waals surface area contributed by atoms with Crippen LogP contribution in [0.15, 0.2) is 46.4 Å². The van der Waals surface area contributed by atoms with Gasteiger partial charge in [0, 0.05) is 31.6 Å². The van der Waals surface area contributed by atoms with Crippen LogP contribution in [0.2, 0.25) is 0 Å². The molecule has 5 nitrogen and oxygen atoms in total. The molecule has 28 heavy (non-hydrogen) atoms. The molecule has 0 amide bonds. The number of ether oxygens (including phenoxy) is 1. The van der Waals surface area contributed by atoms with Crippen LogP contribution >= 0.6 is 11.3 Å². The molecule has 0 bridgehead atoms. The Labute approximate surface area is 168 Å². The highest BCUT2D eigenvalue weighted by molar-refractivity contribution is 7.09. The molecule has 2 unspecified atom stereocenters. The van der Waals surface area contributed by atoms with Crippen molar-refractivity contribution < 1.29 is 9.84 Å². The first-order valence-corrected chi connectivity index (χ1v) is 10.7. The van der Waals surface area contributed by atoms with Crippen molar-refractivity contribution in [2.45, 2.75) is 44.1 Å². The molecular formula is C22H24N2O3S. The summed E-state index contributed by atoms with van der Waals surface area (Å²) >= 11 is 1.11. The lowest BCUT2D eigenvalue weighted by atomic mass is 9.91. The molecule has 146 valence electrons.